The maximum absolute atomic E-state index is 11.7. The zero-order chi connectivity index (χ0) is 21.1. The van der Waals surface area contributed by atoms with E-state index in [1.54, 1.807) is 11.8 Å². The molecule has 11 heteroatoms. The van der Waals surface area contributed by atoms with Crippen molar-refractivity contribution in [3.8, 4) is 0 Å². The molecule has 0 atom stereocenters. The van der Waals surface area contributed by atoms with E-state index in [0.717, 1.165) is 5.75 Å². The number of rotatable bonds is 18. The van der Waals surface area contributed by atoms with Crippen LogP contribution in [0.5, 0.6) is 0 Å². The Hall–Kier alpha value is -0.853. The third kappa shape index (κ3) is 14.2. The maximum Gasteiger partial charge on any atom is 0.502 e. The molecule has 28 heavy (non-hydrogen) atoms. The van der Waals surface area contributed by atoms with E-state index in [9.17, 15) is 9.59 Å². The Bertz CT molecular complexity index is 404. The van der Waals surface area contributed by atoms with Crippen LogP contribution in [-0.4, -0.2) is 85.3 Å². The Morgan fingerprint density at radius 1 is 0.821 bits per heavy atom. The van der Waals surface area contributed by atoms with Crippen molar-refractivity contribution in [1.82, 2.24) is 21.3 Å². The number of thioether (sulfide) groups is 1. The van der Waals surface area contributed by atoms with Gasteiger partial charge in [-0.1, -0.05) is 0 Å². The number of amides is 3. The molecule has 0 aromatic heterocycles. The summed E-state index contributed by atoms with van der Waals surface area (Å²) in [5, 5.41) is 11.5. The monoisotopic (exact) mass is 438 g/mol. The molecule has 0 aromatic rings. The van der Waals surface area contributed by atoms with Gasteiger partial charge in [0, 0.05) is 64.2 Å². The number of hydrogen-bond acceptors (Lipinski definition) is 7. The summed E-state index contributed by atoms with van der Waals surface area (Å²) in [5.41, 5.74) is 0. The number of urea groups is 1. The second-order valence-electron chi connectivity index (χ2n) is 5.76. The normalized spacial score (nSPS) is 11.3. The molecule has 0 spiro atoms. The minimum absolute atomic E-state index is 0.00606. The van der Waals surface area contributed by atoms with Gasteiger partial charge in [-0.05, 0) is 33.6 Å². The average molecular weight is 439 g/mol. The highest BCUT2D eigenvalue weighted by Crippen LogP contribution is 2.15. The van der Waals surface area contributed by atoms with Crippen LogP contribution in [0.2, 0.25) is 6.04 Å². The van der Waals surface area contributed by atoms with Crippen molar-refractivity contribution in [2.24, 2.45) is 0 Å². The van der Waals surface area contributed by atoms with E-state index >= 15 is 0 Å². The first-order valence-electron chi connectivity index (χ1n) is 9.93. The highest BCUT2D eigenvalue weighted by molar-refractivity contribution is 7.98. The molecule has 0 fully saturated rings. The van der Waals surface area contributed by atoms with Gasteiger partial charge in [0.1, 0.15) is 0 Å². The van der Waals surface area contributed by atoms with Crippen LogP contribution in [0.4, 0.5) is 4.79 Å². The van der Waals surface area contributed by atoms with Crippen LogP contribution in [0.3, 0.4) is 0 Å². The first-order chi connectivity index (χ1) is 13.5. The molecule has 0 heterocycles. The van der Waals surface area contributed by atoms with Crippen LogP contribution in [0.1, 0.15) is 27.2 Å². The minimum Gasteiger partial charge on any atom is -0.374 e. The molecule has 0 aliphatic carbocycles. The third-order valence-corrected chi connectivity index (χ3v) is 7.21. The Morgan fingerprint density at radius 3 is 1.89 bits per heavy atom. The number of carbonyl (C=O) groups is 2. The van der Waals surface area contributed by atoms with E-state index in [2.05, 4.69) is 21.3 Å². The fourth-order valence-electron chi connectivity index (χ4n) is 2.36. The lowest BCUT2D eigenvalue weighted by molar-refractivity contribution is -0.120. The van der Waals surface area contributed by atoms with Crippen molar-refractivity contribution in [3.05, 3.63) is 0 Å². The molecule has 0 unspecified atom stereocenters. The second kappa shape index (κ2) is 18.2. The van der Waals surface area contributed by atoms with E-state index in [1.165, 1.54) is 0 Å². The first-order valence-corrected chi connectivity index (χ1v) is 13.3. The van der Waals surface area contributed by atoms with Crippen molar-refractivity contribution < 1.29 is 22.9 Å². The zero-order valence-corrected chi connectivity index (χ0v) is 19.5. The van der Waals surface area contributed by atoms with Crippen LogP contribution in [0, 0.1) is 0 Å². The van der Waals surface area contributed by atoms with Crippen molar-refractivity contribution in [1.29, 1.82) is 0 Å². The van der Waals surface area contributed by atoms with E-state index in [4.69, 9.17) is 13.3 Å². The fraction of sp³-hybridized carbons (Fsp3) is 0.882. The van der Waals surface area contributed by atoms with Gasteiger partial charge in [0.2, 0.25) is 5.91 Å². The largest absolute Gasteiger partial charge is 0.502 e. The third-order valence-electron chi connectivity index (χ3n) is 3.55. The number of nitrogens with one attached hydrogen (secondary N) is 4. The van der Waals surface area contributed by atoms with Gasteiger partial charge >= 0.3 is 14.8 Å². The van der Waals surface area contributed by atoms with Crippen molar-refractivity contribution >= 4 is 32.5 Å². The van der Waals surface area contributed by atoms with E-state index < -0.39 is 8.80 Å². The summed E-state index contributed by atoms with van der Waals surface area (Å²) in [6.45, 7) is 10.1. The predicted molar refractivity (Wildman–Crippen MR) is 116 cm³/mol. The molecule has 0 saturated heterocycles. The van der Waals surface area contributed by atoms with Crippen molar-refractivity contribution in [2.75, 3.05) is 64.6 Å². The standard InChI is InChI=1S/C17H38N4O5SSi/c1-5-24-28(25-6-2,26-7-3)15-13-18-9-10-20-17(23)21-12-11-19-16(22)8-14-27-4/h18H,5-15H2,1-4H3,(H,19,22)(H2,20,21,23). The van der Waals surface area contributed by atoms with Crippen molar-refractivity contribution in [2.45, 2.75) is 33.2 Å². The summed E-state index contributed by atoms with van der Waals surface area (Å²) < 4.78 is 17.4. The Morgan fingerprint density at radius 2 is 1.36 bits per heavy atom. The lowest BCUT2D eigenvalue weighted by Gasteiger charge is -2.28. The molecule has 0 aliphatic heterocycles. The van der Waals surface area contributed by atoms with E-state index in [-0.39, 0.29) is 11.9 Å². The van der Waals surface area contributed by atoms with E-state index in [1.807, 2.05) is 27.0 Å². The maximum atomic E-state index is 11.7. The van der Waals surface area contributed by atoms with Gasteiger partial charge in [-0.15, -0.1) is 0 Å². The van der Waals surface area contributed by atoms with Gasteiger partial charge in [-0.25, -0.2) is 4.79 Å². The molecule has 0 bridgehead atoms. The lowest BCUT2D eigenvalue weighted by Crippen LogP contribution is -2.48. The van der Waals surface area contributed by atoms with Crippen LogP contribution < -0.4 is 21.3 Å². The summed E-state index contributed by atoms with van der Waals surface area (Å²) in [6.07, 6.45) is 2.46. The van der Waals surface area contributed by atoms with Crippen LogP contribution in [0.25, 0.3) is 0 Å². The number of hydrogen-bond donors (Lipinski definition) is 4. The summed E-state index contributed by atoms with van der Waals surface area (Å²) in [5.74, 6) is 0.808. The highest BCUT2D eigenvalue weighted by Gasteiger charge is 2.39. The summed E-state index contributed by atoms with van der Waals surface area (Å²) >= 11 is 1.63. The van der Waals surface area contributed by atoms with Gasteiger partial charge in [-0.3, -0.25) is 4.79 Å². The molecule has 4 N–H and O–H groups in total. The van der Waals surface area contributed by atoms with Crippen LogP contribution in [0.15, 0.2) is 0 Å². The number of carbonyl (C=O) groups excluding carboxylic acids is 2. The minimum atomic E-state index is -2.62. The Kier molecular flexibility index (Phi) is 17.6. The van der Waals surface area contributed by atoms with Crippen LogP contribution >= 0.6 is 11.8 Å². The molecule has 3 amide bonds. The second-order valence-corrected chi connectivity index (χ2v) is 9.48. The smallest absolute Gasteiger partial charge is 0.374 e. The van der Waals surface area contributed by atoms with E-state index in [0.29, 0.717) is 65.0 Å². The average Bonchev–Trinajstić information content (AvgIpc) is 2.67. The Balaban J connectivity index is 3.79. The topological polar surface area (TPSA) is 110 Å². The van der Waals surface area contributed by atoms with Gasteiger partial charge in [0.05, 0.1) is 0 Å². The predicted octanol–water partition coefficient (Wildman–Crippen LogP) is 0.793. The molecular formula is C17H38N4O5SSi. The summed E-state index contributed by atoms with van der Waals surface area (Å²) in [4.78, 5) is 23.1. The zero-order valence-electron chi connectivity index (χ0n) is 17.7. The van der Waals surface area contributed by atoms with Crippen LogP contribution in [-0.2, 0) is 18.1 Å². The summed E-state index contributed by atoms with van der Waals surface area (Å²) in [6, 6.07) is 0.437. The molecule has 0 aromatic carbocycles. The fourth-order valence-corrected chi connectivity index (χ4v) is 5.23. The Labute approximate surface area is 174 Å². The SMILES string of the molecule is CCO[Si](CCNCCNC(=O)NCCNC(=O)CCSC)(OCC)OCC. The van der Waals surface area contributed by atoms with Gasteiger partial charge in [-0.2, -0.15) is 11.8 Å². The van der Waals surface area contributed by atoms with Gasteiger partial charge in [0.15, 0.2) is 0 Å². The molecular weight excluding hydrogens is 400 g/mol. The molecule has 0 saturated carbocycles. The first kappa shape index (κ1) is 27.1. The molecule has 166 valence electrons. The van der Waals surface area contributed by atoms with Crippen molar-refractivity contribution in [3.63, 3.8) is 0 Å². The molecule has 0 rings (SSSR count). The highest BCUT2D eigenvalue weighted by atomic mass is 32.2. The lowest BCUT2D eigenvalue weighted by atomic mass is 10.4. The quantitative estimate of drug-likeness (QED) is 0.185. The molecule has 9 nitrogen and oxygen atoms in total. The van der Waals surface area contributed by atoms with Gasteiger partial charge < -0.3 is 34.5 Å². The van der Waals surface area contributed by atoms with Gasteiger partial charge in [0.25, 0.3) is 0 Å². The molecule has 0 radical (unpaired) electrons. The summed E-state index contributed by atoms with van der Waals surface area (Å²) in [7, 11) is -2.62. The molecule has 0 aliphatic rings.